The first kappa shape index (κ1) is 13.3. The van der Waals surface area contributed by atoms with Gasteiger partial charge in [0.05, 0.1) is 11.7 Å². The second-order valence-electron chi connectivity index (χ2n) is 4.84. The Balaban J connectivity index is 1.97. The molecular formula is C15H17BrN2S. The lowest BCUT2D eigenvalue weighted by Gasteiger charge is -2.21. The summed E-state index contributed by atoms with van der Waals surface area (Å²) in [6.45, 7) is 3.17. The number of thiazole rings is 1. The molecule has 0 bridgehead atoms. The smallest absolute Gasteiger partial charge is 0.123 e. The molecule has 1 N–H and O–H groups in total. The summed E-state index contributed by atoms with van der Waals surface area (Å²) >= 11 is 5.39. The van der Waals surface area contributed by atoms with Gasteiger partial charge in [0.15, 0.2) is 0 Å². The lowest BCUT2D eigenvalue weighted by Crippen LogP contribution is -2.24. The zero-order valence-corrected chi connectivity index (χ0v) is 13.4. The van der Waals surface area contributed by atoms with Crippen molar-refractivity contribution in [2.75, 3.05) is 6.54 Å². The van der Waals surface area contributed by atoms with Gasteiger partial charge in [-0.15, -0.1) is 11.3 Å². The third-order valence-corrected chi connectivity index (χ3v) is 5.15. The van der Waals surface area contributed by atoms with E-state index in [9.17, 15) is 0 Å². The van der Waals surface area contributed by atoms with Crippen molar-refractivity contribution < 1.29 is 0 Å². The Morgan fingerprint density at radius 1 is 1.47 bits per heavy atom. The van der Waals surface area contributed by atoms with E-state index >= 15 is 0 Å². The standard InChI is InChI=1S/C15H17BrN2S/c1-2-17-12-7-4-8-13-14(12)18-15(19-13)10-5-3-6-11(16)9-10/h3,5-6,9,12,17H,2,4,7-8H2,1H3. The van der Waals surface area contributed by atoms with Gasteiger partial charge in [-0.25, -0.2) is 4.98 Å². The molecule has 1 aromatic heterocycles. The van der Waals surface area contributed by atoms with E-state index in [1.807, 2.05) is 11.3 Å². The molecule has 1 aliphatic carbocycles. The van der Waals surface area contributed by atoms with Crippen molar-refractivity contribution in [3.8, 4) is 10.6 Å². The summed E-state index contributed by atoms with van der Waals surface area (Å²) in [5, 5.41) is 4.70. The van der Waals surface area contributed by atoms with E-state index in [4.69, 9.17) is 4.98 Å². The van der Waals surface area contributed by atoms with Crippen molar-refractivity contribution in [2.45, 2.75) is 32.2 Å². The highest BCUT2D eigenvalue weighted by molar-refractivity contribution is 9.10. The second-order valence-corrected chi connectivity index (χ2v) is 6.84. The molecule has 0 saturated carbocycles. The summed E-state index contributed by atoms with van der Waals surface area (Å²) < 4.78 is 1.11. The molecule has 2 aromatic rings. The Bertz CT molecular complexity index is 579. The summed E-state index contributed by atoms with van der Waals surface area (Å²) in [4.78, 5) is 6.36. The van der Waals surface area contributed by atoms with E-state index < -0.39 is 0 Å². The van der Waals surface area contributed by atoms with Crippen LogP contribution >= 0.6 is 27.3 Å². The van der Waals surface area contributed by atoms with E-state index in [0.29, 0.717) is 6.04 Å². The first-order chi connectivity index (χ1) is 9.28. The Kier molecular flexibility index (Phi) is 4.01. The third kappa shape index (κ3) is 2.76. The predicted molar refractivity (Wildman–Crippen MR) is 84.6 cm³/mol. The fourth-order valence-electron chi connectivity index (χ4n) is 2.61. The molecule has 4 heteroatoms. The zero-order chi connectivity index (χ0) is 13.2. The van der Waals surface area contributed by atoms with Gasteiger partial charge in [0, 0.05) is 14.9 Å². The molecule has 1 aromatic carbocycles. The largest absolute Gasteiger partial charge is 0.309 e. The number of hydrogen-bond acceptors (Lipinski definition) is 3. The molecule has 0 spiro atoms. The molecule has 0 aliphatic heterocycles. The van der Waals surface area contributed by atoms with Crippen molar-refractivity contribution in [3.05, 3.63) is 39.3 Å². The normalized spacial score (nSPS) is 18.3. The average Bonchev–Trinajstić information content (AvgIpc) is 2.84. The van der Waals surface area contributed by atoms with Crippen molar-refractivity contribution in [1.82, 2.24) is 10.3 Å². The molecule has 0 fully saturated rings. The monoisotopic (exact) mass is 336 g/mol. The number of rotatable bonds is 3. The summed E-state index contributed by atoms with van der Waals surface area (Å²) in [6, 6.07) is 8.86. The zero-order valence-electron chi connectivity index (χ0n) is 10.9. The van der Waals surface area contributed by atoms with Crippen molar-refractivity contribution in [3.63, 3.8) is 0 Å². The van der Waals surface area contributed by atoms with Gasteiger partial charge in [-0.05, 0) is 37.9 Å². The number of benzene rings is 1. The molecule has 100 valence electrons. The minimum Gasteiger partial charge on any atom is -0.309 e. The van der Waals surface area contributed by atoms with Gasteiger partial charge >= 0.3 is 0 Å². The molecule has 1 heterocycles. The summed E-state index contributed by atoms with van der Waals surface area (Å²) in [5.41, 5.74) is 2.50. The SMILES string of the molecule is CCNC1CCCc2sc(-c3cccc(Br)c3)nc21. The van der Waals surface area contributed by atoms with Crippen LogP contribution in [0, 0.1) is 0 Å². The maximum Gasteiger partial charge on any atom is 0.123 e. The van der Waals surface area contributed by atoms with Crippen molar-refractivity contribution >= 4 is 27.3 Å². The highest BCUT2D eigenvalue weighted by Gasteiger charge is 2.24. The topological polar surface area (TPSA) is 24.9 Å². The minimum atomic E-state index is 0.450. The fourth-order valence-corrected chi connectivity index (χ4v) is 4.17. The van der Waals surface area contributed by atoms with E-state index in [1.165, 1.54) is 35.4 Å². The Labute approximate surface area is 126 Å². The van der Waals surface area contributed by atoms with Gasteiger partial charge < -0.3 is 5.32 Å². The van der Waals surface area contributed by atoms with Crippen LogP contribution in [-0.2, 0) is 6.42 Å². The first-order valence-corrected chi connectivity index (χ1v) is 8.38. The quantitative estimate of drug-likeness (QED) is 0.888. The van der Waals surface area contributed by atoms with Crippen molar-refractivity contribution in [1.29, 1.82) is 0 Å². The number of hydrogen-bond donors (Lipinski definition) is 1. The van der Waals surface area contributed by atoms with Gasteiger partial charge in [0.2, 0.25) is 0 Å². The van der Waals surface area contributed by atoms with Crippen LogP contribution in [0.2, 0.25) is 0 Å². The molecule has 1 aliphatic rings. The molecule has 1 atom stereocenters. The van der Waals surface area contributed by atoms with E-state index in [2.05, 4.69) is 52.4 Å². The Hall–Kier alpha value is -0.710. The predicted octanol–water partition coefficient (Wildman–Crippen LogP) is 4.56. The molecule has 1 unspecified atom stereocenters. The van der Waals surface area contributed by atoms with Crippen LogP contribution in [-0.4, -0.2) is 11.5 Å². The van der Waals surface area contributed by atoms with Crippen molar-refractivity contribution in [2.24, 2.45) is 0 Å². The van der Waals surface area contributed by atoms with Gasteiger partial charge in [-0.3, -0.25) is 0 Å². The third-order valence-electron chi connectivity index (χ3n) is 3.48. The van der Waals surface area contributed by atoms with Gasteiger partial charge in [-0.1, -0.05) is 35.0 Å². The summed E-state index contributed by atoms with van der Waals surface area (Å²) in [6.07, 6.45) is 3.66. The van der Waals surface area contributed by atoms with Gasteiger partial charge in [-0.2, -0.15) is 0 Å². The summed E-state index contributed by atoms with van der Waals surface area (Å²) in [7, 11) is 0. The van der Waals surface area contributed by atoms with Gasteiger partial charge in [0.25, 0.3) is 0 Å². The number of fused-ring (bicyclic) bond motifs is 1. The summed E-state index contributed by atoms with van der Waals surface area (Å²) in [5.74, 6) is 0. The maximum atomic E-state index is 4.90. The molecule has 3 rings (SSSR count). The first-order valence-electron chi connectivity index (χ1n) is 6.77. The van der Waals surface area contributed by atoms with Crippen LogP contribution in [0.25, 0.3) is 10.6 Å². The second kappa shape index (κ2) is 5.73. The minimum absolute atomic E-state index is 0.450. The lowest BCUT2D eigenvalue weighted by molar-refractivity contribution is 0.465. The fraction of sp³-hybridized carbons (Fsp3) is 0.400. The molecule has 0 amide bonds. The van der Waals surface area contributed by atoms with E-state index in [-0.39, 0.29) is 0 Å². The molecule has 0 radical (unpaired) electrons. The molecule has 19 heavy (non-hydrogen) atoms. The number of halogens is 1. The molecular weight excluding hydrogens is 320 g/mol. The van der Waals surface area contributed by atoms with Crippen LogP contribution in [0.5, 0.6) is 0 Å². The maximum absolute atomic E-state index is 4.90. The number of nitrogens with one attached hydrogen (secondary N) is 1. The Morgan fingerprint density at radius 2 is 2.37 bits per heavy atom. The average molecular weight is 337 g/mol. The number of aryl methyl sites for hydroxylation is 1. The van der Waals surface area contributed by atoms with Gasteiger partial charge in [0.1, 0.15) is 5.01 Å². The van der Waals surface area contributed by atoms with Crippen LogP contribution < -0.4 is 5.32 Å². The molecule has 2 nitrogen and oxygen atoms in total. The number of aromatic nitrogens is 1. The number of nitrogens with zero attached hydrogens (tertiary/aromatic N) is 1. The van der Waals surface area contributed by atoms with Crippen LogP contribution in [0.4, 0.5) is 0 Å². The van der Waals surface area contributed by atoms with Crippen LogP contribution in [0.3, 0.4) is 0 Å². The van der Waals surface area contributed by atoms with E-state index in [1.54, 1.807) is 0 Å². The Morgan fingerprint density at radius 3 is 3.16 bits per heavy atom. The van der Waals surface area contributed by atoms with Crippen LogP contribution in [0.1, 0.15) is 36.4 Å². The lowest BCUT2D eigenvalue weighted by atomic mass is 9.98. The van der Waals surface area contributed by atoms with E-state index in [0.717, 1.165) is 16.0 Å². The highest BCUT2D eigenvalue weighted by Crippen LogP contribution is 2.37. The molecule has 0 saturated heterocycles. The highest BCUT2D eigenvalue weighted by atomic mass is 79.9. The van der Waals surface area contributed by atoms with Crippen LogP contribution in [0.15, 0.2) is 28.7 Å².